The molecule has 0 aliphatic rings. The maximum absolute atomic E-state index is 16.4. The van der Waals surface area contributed by atoms with Crippen LogP contribution in [0.2, 0.25) is 0 Å². The van der Waals surface area contributed by atoms with Gasteiger partial charge in [-0.1, -0.05) is 103 Å². The molecule has 10 rings (SSSR count). The first-order valence-corrected chi connectivity index (χ1v) is 18.9. The third kappa shape index (κ3) is 5.63. The molecule has 60 heavy (non-hydrogen) atoms. The van der Waals surface area contributed by atoms with E-state index in [-0.39, 0.29) is 16.9 Å². The second kappa shape index (κ2) is 13.8. The summed E-state index contributed by atoms with van der Waals surface area (Å²) < 4.78 is 84.1. The van der Waals surface area contributed by atoms with E-state index in [0.29, 0.717) is 77.0 Å². The van der Waals surface area contributed by atoms with Gasteiger partial charge >= 0.3 is 6.18 Å². The standard InChI is InChI=1S/C51H27F5N4/c52-41-16-9-17-42(53)49(41)34-26-47(59-43-18-7-5-14-37(43)39-22-20-30(24-45(39)59)35-12-3-1-10-32(35)28-57)50(51(54,55)56)48(27-34)60-44-19-8-6-15-38(44)40-23-21-31(25-46(40)60)36-13-4-2-11-33(36)29-58/h1-27H. The molecule has 0 bridgehead atoms. The summed E-state index contributed by atoms with van der Waals surface area (Å²) in [6.07, 6.45) is -5.03. The van der Waals surface area contributed by atoms with E-state index < -0.39 is 28.9 Å². The van der Waals surface area contributed by atoms with E-state index in [1.54, 1.807) is 97.1 Å². The molecule has 0 amide bonds. The number of alkyl halides is 3. The minimum absolute atomic E-state index is 0.113. The van der Waals surface area contributed by atoms with Gasteiger partial charge in [0.2, 0.25) is 0 Å². The molecule has 2 heterocycles. The zero-order chi connectivity index (χ0) is 41.3. The molecule has 10 aromatic rings. The maximum atomic E-state index is 16.4. The van der Waals surface area contributed by atoms with Crippen LogP contribution < -0.4 is 0 Å². The Balaban J connectivity index is 1.39. The van der Waals surface area contributed by atoms with Gasteiger partial charge in [0.15, 0.2) is 0 Å². The predicted octanol–water partition coefficient (Wildman–Crippen LogP) is 13.9. The highest BCUT2D eigenvalue weighted by Crippen LogP contribution is 2.47. The Morgan fingerprint density at radius 2 is 0.833 bits per heavy atom. The van der Waals surface area contributed by atoms with Gasteiger partial charge in [0, 0.05) is 21.5 Å². The van der Waals surface area contributed by atoms with E-state index in [2.05, 4.69) is 12.1 Å². The molecule has 8 aromatic carbocycles. The number of halogens is 5. The van der Waals surface area contributed by atoms with Crippen molar-refractivity contribution in [3.63, 3.8) is 0 Å². The van der Waals surface area contributed by atoms with Crippen LogP contribution in [0.3, 0.4) is 0 Å². The van der Waals surface area contributed by atoms with Crippen molar-refractivity contribution in [2.75, 3.05) is 0 Å². The summed E-state index contributed by atoms with van der Waals surface area (Å²) in [6.45, 7) is 0. The lowest BCUT2D eigenvalue weighted by Gasteiger charge is -2.23. The van der Waals surface area contributed by atoms with Crippen molar-refractivity contribution in [1.29, 1.82) is 10.5 Å². The molecule has 9 heteroatoms. The number of fused-ring (bicyclic) bond motifs is 6. The lowest BCUT2D eigenvalue weighted by molar-refractivity contribution is -0.137. The zero-order valence-electron chi connectivity index (χ0n) is 31.3. The second-order valence-corrected chi connectivity index (χ2v) is 14.5. The van der Waals surface area contributed by atoms with Gasteiger partial charge in [-0.3, -0.25) is 0 Å². The minimum Gasteiger partial charge on any atom is -0.309 e. The van der Waals surface area contributed by atoms with Crippen LogP contribution in [0.15, 0.2) is 164 Å². The van der Waals surface area contributed by atoms with Gasteiger partial charge in [0.1, 0.15) is 17.2 Å². The molecule has 2 aromatic heterocycles. The van der Waals surface area contributed by atoms with E-state index in [1.807, 2.05) is 36.4 Å². The summed E-state index contributed by atoms with van der Waals surface area (Å²) in [6, 6.07) is 49.1. The van der Waals surface area contributed by atoms with Crippen LogP contribution in [-0.2, 0) is 6.18 Å². The topological polar surface area (TPSA) is 57.4 Å². The molecule has 0 aliphatic heterocycles. The molecule has 0 N–H and O–H groups in total. The number of rotatable bonds is 5. The van der Waals surface area contributed by atoms with Gasteiger partial charge in [0.05, 0.1) is 62.3 Å². The molecule has 0 spiro atoms. The smallest absolute Gasteiger partial charge is 0.309 e. The first-order valence-electron chi connectivity index (χ1n) is 18.9. The maximum Gasteiger partial charge on any atom is 0.420 e. The normalized spacial score (nSPS) is 11.7. The van der Waals surface area contributed by atoms with Gasteiger partial charge < -0.3 is 9.13 Å². The van der Waals surface area contributed by atoms with Gasteiger partial charge in [-0.25, -0.2) is 8.78 Å². The van der Waals surface area contributed by atoms with Crippen molar-refractivity contribution in [1.82, 2.24) is 9.13 Å². The molecule has 0 atom stereocenters. The summed E-state index contributed by atoms with van der Waals surface area (Å²) in [5.74, 6) is -1.89. The highest BCUT2D eigenvalue weighted by Gasteiger charge is 2.40. The van der Waals surface area contributed by atoms with Crippen LogP contribution in [0.25, 0.3) is 88.4 Å². The van der Waals surface area contributed by atoms with Crippen LogP contribution in [-0.4, -0.2) is 9.13 Å². The summed E-state index contributed by atoms with van der Waals surface area (Å²) in [7, 11) is 0. The van der Waals surface area contributed by atoms with E-state index >= 15 is 22.0 Å². The van der Waals surface area contributed by atoms with Crippen molar-refractivity contribution in [3.05, 3.63) is 192 Å². The Labute approximate surface area is 339 Å². The average molecular weight is 791 g/mol. The van der Waals surface area contributed by atoms with Crippen LogP contribution in [0.5, 0.6) is 0 Å². The van der Waals surface area contributed by atoms with Gasteiger partial charge in [-0.15, -0.1) is 0 Å². The first-order chi connectivity index (χ1) is 29.2. The van der Waals surface area contributed by atoms with E-state index in [4.69, 9.17) is 0 Å². The first kappa shape index (κ1) is 36.3. The molecule has 0 radical (unpaired) electrons. The van der Waals surface area contributed by atoms with Gasteiger partial charge in [-0.2, -0.15) is 23.7 Å². The Hall–Kier alpha value is -8.01. The number of nitrogens with zero attached hydrogens (tertiary/aromatic N) is 4. The summed E-state index contributed by atoms with van der Waals surface area (Å²) in [5, 5.41) is 22.5. The number of aromatic nitrogens is 2. The van der Waals surface area contributed by atoms with Crippen LogP contribution in [0.4, 0.5) is 22.0 Å². The largest absolute Gasteiger partial charge is 0.420 e. The average Bonchev–Trinajstić information content (AvgIpc) is 3.77. The van der Waals surface area contributed by atoms with Crippen LogP contribution >= 0.6 is 0 Å². The second-order valence-electron chi connectivity index (χ2n) is 14.5. The number of nitriles is 2. The molecule has 0 aliphatic carbocycles. The van der Waals surface area contributed by atoms with Crippen molar-refractivity contribution in [2.24, 2.45) is 0 Å². The van der Waals surface area contributed by atoms with Gasteiger partial charge in [0.25, 0.3) is 0 Å². The summed E-state index contributed by atoms with van der Waals surface area (Å²) >= 11 is 0. The van der Waals surface area contributed by atoms with Crippen LogP contribution in [0, 0.1) is 34.3 Å². The molecule has 0 fully saturated rings. The minimum atomic E-state index is -5.03. The highest BCUT2D eigenvalue weighted by molar-refractivity contribution is 6.12. The third-order valence-corrected chi connectivity index (χ3v) is 11.2. The Morgan fingerprint density at radius 1 is 0.417 bits per heavy atom. The van der Waals surface area contributed by atoms with E-state index in [1.165, 1.54) is 27.3 Å². The molecular weight excluding hydrogens is 764 g/mol. The molecule has 0 saturated carbocycles. The fraction of sp³-hybridized carbons (Fsp3) is 0.0196. The summed E-state index contributed by atoms with van der Waals surface area (Å²) in [5.41, 5.74) is 2.45. The highest BCUT2D eigenvalue weighted by atomic mass is 19.4. The fourth-order valence-corrected chi connectivity index (χ4v) is 8.63. The Morgan fingerprint density at radius 3 is 1.28 bits per heavy atom. The molecule has 286 valence electrons. The lowest BCUT2D eigenvalue weighted by atomic mass is 9.97. The number of hydrogen-bond donors (Lipinski definition) is 0. The monoisotopic (exact) mass is 790 g/mol. The van der Waals surface area contributed by atoms with Crippen molar-refractivity contribution >= 4 is 43.6 Å². The molecule has 0 unspecified atom stereocenters. The van der Waals surface area contributed by atoms with Crippen molar-refractivity contribution in [3.8, 4) is 56.9 Å². The van der Waals surface area contributed by atoms with E-state index in [0.717, 1.165) is 12.1 Å². The molecular formula is C51H27F5N4. The lowest BCUT2D eigenvalue weighted by Crippen LogP contribution is -2.16. The van der Waals surface area contributed by atoms with Crippen molar-refractivity contribution < 1.29 is 22.0 Å². The summed E-state index contributed by atoms with van der Waals surface area (Å²) in [4.78, 5) is 0. The zero-order valence-corrected chi connectivity index (χ0v) is 31.3. The molecule has 4 nitrogen and oxygen atoms in total. The predicted molar refractivity (Wildman–Crippen MR) is 226 cm³/mol. The Kier molecular flexibility index (Phi) is 8.38. The van der Waals surface area contributed by atoms with Crippen molar-refractivity contribution in [2.45, 2.75) is 6.18 Å². The SMILES string of the molecule is N#Cc1ccccc1-c1ccc2c3ccccc3n(-c3cc(-c4c(F)cccc4F)cc(-n4c5ccccc5c5ccc(-c6ccccc6C#N)cc54)c3C(F)(F)F)c2c1. The van der Waals surface area contributed by atoms with Gasteiger partial charge in [-0.05, 0) is 88.5 Å². The Bertz CT molecular complexity index is 3270. The fourth-order valence-electron chi connectivity index (χ4n) is 8.63. The third-order valence-electron chi connectivity index (χ3n) is 11.2. The molecule has 0 saturated heterocycles. The number of para-hydroxylation sites is 2. The quantitative estimate of drug-likeness (QED) is 0.163. The van der Waals surface area contributed by atoms with Crippen LogP contribution in [0.1, 0.15) is 16.7 Å². The van der Waals surface area contributed by atoms with E-state index in [9.17, 15) is 10.5 Å². The number of hydrogen-bond acceptors (Lipinski definition) is 2. The number of benzene rings is 8.